The number of rotatable bonds is 4. The van der Waals surface area contributed by atoms with E-state index in [1.165, 1.54) is 0 Å². The molecule has 0 bridgehead atoms. The molecular formula is C15H20ClF2NO. The minimum absolute atomic E-state index is 0.112. The van der Waals surface area contributed by atoms with Crippen LogP contribution in [0.25, 0.3) is 0 Å². The van der Waals surface area contributed by atoms with Crippen LogP contribution < -0.4 is 5.73 Å². The van der Waals surface area contributed by atoms with Crippen LogP contribution in [0.5, 0.6) is 0 Å². The fourth-order valence-corrected chi connectivity index (χ4v) is 3.04. The Bertz CT molecular complexity index is 428. The van der Waals surface area contributed by atoms with Gasteiger partial charge in [0, 0.05) is 30.3 Å². The minimum Gasteiger partial charge on any atom is -0.392 e. The summed E-state index contributed by atoms with van der Waals surface area (Å²) in [7, 11) is 0. The molecule has 0 aliphatic heterocycles. The molecule has 0 radical (unpaired) electrons. The van der Waals surface area contributed by atoms with Crippen molar-refractivity contribution in [3.63, 3.8) is 0 Å². The van der Waals surface area contributed by atoms with Crippen LogP contribution in [0, 0.1) is 5.92 Å². The molecule has 2 unspecified atom stereocenters. The van der Waals surface area contributed by atoms with Crippen molar-refractivity contribution in [3.8, 4) is 0 Å². The first kappa shape index (κ1) is 15.7. The first-order chi connectivity index (χ1) is 9.43. The molecule has 2 rings (SSSR count). The quantitative estimate of drug-likeness (QED) is 0.893. The van der Waals surface area contributed by atoms with Crippen LogP contribution >= 0.6 is 11.6 Å². The van der Waals surface area contributed by atoms with E-state index in [9.17, 15) is 13.9 Å². The van der Waals surface area contributed by atoms with Crippen LogP contribution in [0.3, 0.4) is 0 Å². The van der Waals surface area contributed by atoms with Gasteiger partial charge in [-0.1, -0.05) is 23.7 Å². The van der Waals surface area contributed by atoms with E-state index in [0.29, 0.717) is 17.9 Å². The Balaban J connectivity index is 2.06. The summed E-state index contributed by atoms with van der Waals surface area (Å²) in [6.07, 6.45) is -0.284. The van der Waals surface area contributed by atoms with Gasteiger partial charge in [-0.25, -0.2) is 8.78 Å². The first-order valence-corrected chi connectivity index (χ1v) is 7.32. The average Bonchev–Trinajstić information content (AvgIpc) is 2.41. The summed E-state index contributed by atoms with van der Waals surface area (Å²) in [6.45, 7) is 0.287. The third-order valence-electron chi connectivity index (χ3n) is 4.21. The van der Waals surface area contributed by atoms with Crippen molar-refractivity contribution in [1.29, 1.82) is 0 Å². The molecule has 1 saturated carbocycles. The third kappa shape index (κ3) is 3.68. The Morgan fingerprint density at radius 1 is 1.25 bits per heavy atom. The number of aliphatic hydroxyl groups is 1. The number of hydrogen-bond donors (Lipinski definition) is 2. The molecule has 1 aromatic rings. The van der Waals surface area contributed by atoms with Crippen LogP contribution in [-0.2, 0) is 0 Å². The highest BCUT2D eigenvalue weighted by molar-refractivity contribution is 6.30. The highest BCUT2D eigenvalue weighted by atomic mass is 35.5. The molecule has 1 aliphatic carbocycles. The van der Waals surface area contributed by atoms with E-state index in [-0.39, 0.29) is 31.2 Å². The van der Waals surface area contributed by atoms with Crippen molar-refractivity contribution < 1.29 is 13.9 Å². The van der Waals surface area contributed by atoms with Gasteiger partial charge >= 0.3 is 0 Å². The molecule has 1 fully saturated rings. The van der Waals surface area contributed by atoms with Gasteiger partial charge in [-0.05, 0) is 36.5 Å². The van der Waals surface area contributed by atoms with Gasteiger partial charge in [0.1, 0.15) is 0 Å². The van der Waals surface area contributed by atoms with E-state index in [2.05, 4.69) is 0 Å². The number of halogens is 3. The summed E-state index contributed by atoms with van der Waals surface area (Å²) in [5, 5.41) is 11.1. The van der Waals surface area contributed by atoms with Gasteiger partial charge in [-0.3, -0.25) is 0 Å². The Morgan fingerprint density at radius 3 is 2.30 bits per heavy atom. The van der Waals surface area contributed by atoms with Crippen molar-refractivity contribution in [2.24, 2.45) is 11.7 Å². The largest absolute Gasteiger partial charge is 0.392 e. The summed E-state index contributed by atoms with van der Waals surface area (Å²) >= 11 is 5.84. The minimum atomic E-state index is -2.57. The summed E-state index contributed by atoms with van der Waals surface area (Å²) in [5.74, 6) is -2.92. The number of nitrogens with two attached hydrogens (primary N) is 1. The lowest BCUT2D eigenvalue weighted by atomic mass is 9.77. The van der Waals surface area contributed by atoms with Crippen LogP contribution in [-0.4, -0.2) is 23.7 Å². The second-order valence-electron chi connectivity index (χ2n) is 5.58. The Morgan fingerprint density at radius 2 is 1.80 bits per heavy atom. The van der Waals surface area contributed by atoms with Crippen molar-refractivity contribution in [2.75, 3.05) is 6.54 Å². The maximum absolute atomic E-state index is 13.2. The zero-order valence-electron chi connectivity index (χ0n) is 11.2. The summed E-state index contributed by atoms with van der Waals surface area (Å²) in [4.78, 5) is 0. The lowest BCUT2D eigenvalue weighted by molar-refractivity contribution is -0.0651. The lowest BCUT2D eigenvalue weighted by Crippen LogP contribution is -2.37. The van der Waals surface area contributed by atoms with Crippen molar-refractivity contribution >= 4 is 11.6 Å². The van der Waals surface area contributed by atoms with Gasteiger partial charge in [0.15, 0.2) is 0 Å². The monoisotopic (exact) mass is 303 g/mol. The number of alkyl halides is 2. The zero-order chi connectivity index (χ0) is 14.8. The molecule has 0 spiro atoms. The molecule has 0 saturated heterocycles. The van der Waals surface area contributed by atoms with E-state index < -0.39 is 12.0 Å². The molecule has 112 valence electrons. The predicted octanol–water partition coefficient (Wildman–Crippen LogP) is 3.57. The molecule has 0 aromatic heterocycles. The van der Waals surface area contributed by atoms with Crippen LogP contribution in [0.4, 0.5) is 8.78 Å². The second kappa shape index (κ2) is 6.37. The Kier molecular flexibility index (Phi) is 4.99. The maximum atomic E-state index is 13.2. The molecule has 2 nitrogen and oxygen atoms in total. The Labute approximate surface area is 122 Å². The molecule has 0 amide bonds. The molecule has 1 aromatic carbocycles. The molecule has 20 heavy (non-hydrogen) atoms. The molecule has 5 heteroatoms. The molecule has 0 heterocycles. The van der Waals surface area contributed by atoms with E-state index in [1.54, 1.807) is 12.1 Å². The summed E-state index contributed by atoms with van der Waals surface area (Å²) in [6, 6.07) is 7.17. The van der Waals surface area contributed by atoms with Gasteiger partial charge in [0.05, 0.1) is 6.10 Å². The van der Waals surface area contributed by atoms with Crippen LogP contribution in [0.1, 0.15) is 37.2 Å². The van der Waals surface area contributed by atoms with E-state index >= 15 is 0 Å². The fraction of sp³-hybridized carbons (Fsp3) is 0.600. The van der Waals surface area contributed by atoms with Gasteiger partial charge < -0.3 is 10.8 Å². The van der Waals surface area contributed by atoms with Crippen molar-refractivity contribution in [2.45, 2.75) is 43.6 Å². The third-order valence-corrected chi connectivity index (χ3v) is 4.46. The second-order valence-corrected chi connectivity index (χ2v) is 6.01. The smallest absolute Gasteiger partial charge is 0.248 e. The van der Waals surface area contributed by atoms with Crippen LogP contribution in [0.2, 0.25) is 5.02 Å². The lowest BCUT2D eigenvalue weighted by Gasteiger charge is -2.34. The SMILES string of the molecule is NCC(c1ccc(Cl)cc1)C(O)C1CCC(F)(F)CC1. The van der Waals surface area contributed by atoms with Gasteiger partial charge in [0.25, 0.3) is 0 Å². The van der Waals surface area contributed by atoms with E-state index in [4.69, 9.17) is 17.3 Å². The molecule has 2 atom stereocenters. The highest BCUT2D eigenvalue weighted by Crippen LogP contribution is 2.40. The Hall–Kier alpha value is -0.710. The number of hydrogen-bond acceptors (Lipinski definition) is 2. The normalized spacial score (nSPS) is 22.4. The summed E-state index contributed by atoms with van der Waals surface area (Å²) < 4.78 is 26.3. The van der Waals surface area contributed by atoms with Crippen LogP contribution in [0.15, 0.2) is 24.3 Å². The van der Waals surface area contributed by atoms with Gasteiger partial charge in [0.2, 0.25) is 5.92 Å². The maximum Gasteiger partial charge on any atom is 0.248 e. The van der Waals surface area contributed by atoms with Crippen molar-refractivity contribution in [1.82, 2.24) is 0 Å². The average molecular weight is 304 g/mol. The fourth-order valence-electron chi connectivity index (χ4n) is 2.92. The van der Waals surface area contributed by atoms with Gasteiger partial charge in [-0.2, -0.15) is 0 Å². The number of aliphatic hydroxyl groups excluding tert-OH is 1. The van der Waals surface area contributed by atoms with Gasteiger partial charge in [-0.15, -0.1) is 0 Å². The van der Waals surface area contributed by atoms with E-state index in [1.807, 2.05) is 12.1 Å². The summed E-state index contributed by atoms with van der Waals surface area (Å²) in [5.41, 5.74) is 6.67. The molecular weight excluding hydrogens is 284 g/mol. The molecule has 3 N–H and O–H groups in total. The predicted molar refractivity (Wildman–Crippen MR) is 76.2 cm³/mol. The zero-order valence-corrected chi connectivity index (χ0v) is 12.0. The highest BCUT2D eigenvalue weighted by Gasteiger charge is 2.39. The van der Waals surface area contributed by atoms with Crippen molar-refractivity contribution in [3.05, 3.63) is 34.9 Å². The first-order valence-electron chi connectivity index (χ1n) is 6.94. The topological polar surface area (TPSA) is 46.2 Å². The van der Waals surface area contributed by atoms with E-state index in [0.717, 1.165) is 5.56 Å². The number of benzene rings is 1. The molecule has 1 aliphatic rings. The standard InChI is InChI=1S/C15H20ClF2NO/c16-12-3-1-10(2-4-12)13(9-19)14(20)11-5-7-15(17,18)8-6-11/h1-4,11,13-14,20H,5-9,19H2.